The molecule has 2 N–H and O–H groups in total. The molecule has 11 heavy (non-hydrogen) atoms. The fourth-order valence-electron chi connectivity index (χ4n) is 1.14. The minimum atomic E-state index is -2.07. The van der Waals surface area contributed by atoms with Crippen molar-refractivity contribution in [3.63, 3.8) is 0 Å². The molecule has 1 heterocycles. The summed E-state index contributed by atoms with van der Waals surface area (Å²) in [4.78, 5) is 0. The van der Waals surface area contributed by atoms with Crippen LogP contribution in [0.4, 0.5) is 0 Å². The first kappa shape index (κ1) is 8.70. The monoisotopic (exact) mass is 176 g/mol. The number of hydrogen-bond acceptors (Lipinski definition) is 3. The minimum absolute atomic E-state index is 0.328. The van der Waals surface area contributed by atoms with Crippen molar-refractivity contribution in [3.8, 4) is 0 Å². The molecule has 0 amide bonds. The van der Waals surface area contributed by atoms with Crippen LogP contribution >= 0.6 is 0 Å². The van der Waals surface area contributed by atoms with E-state index < -0.39 is 10.3 Å². The van der Waals surface area contributed by atoms with Crippen molar-refractivity contribution in [3.05, 3.63) is 0 Å². The Kier molecular flexibility index (Phi) is 3.55. The highest BCUT2D eigenvalue weighted by Gasteiger charge is 2.10. The largest absolute Gasteiger partial charge is 0.317 e. The van der Waals surface area contributed by atoms with Crippen molar-refractivity contribution in [1.82, 2.24) is 10.6 Å². The van der Waals surface area contributed by atoms with Crippen LogP contribution in [0.1, 0.15) is 12.8 Å². The molecular weight excluding hydrogens is 164 g/mol. The second-order valence-electron chi connectivity index (χ2n) is 2.57. The molecule has 1 aliphatic heterocycles. The maximum absolute atomic E-state index is 10.1. The first-order valence-electron chi connectivity index (χ1n) is 3.67. The van der Waals surface area contributed by atoms with E-state index in [9.17, 15) is 8.42 Å². The highest BCUT2D eigenvalue weighted by atomic mass is 32.2. The van der Waals surface area contributed by atoms with Gasteiger partial charge < -0.3 is 5.32 Å². The van der Waals surface area contributed by atoms with Crippen LogP contribution in [0.25, 0.3) is 0 Å². The second-order valence-corrected chi connectivity index (χ2v) is 3.33. The summed E-state index contributed by atoms with van der Waals surface area (Å²) in [5.41, 5.74) is 1.12. The number of piperidine rings is 1. The first-order chi connectivity index (χ1) is 5.29. The predicted octanol–water partition coefficient (Wildman–Crippen LogP) is -1.03. The molecule has 1 aliphatic rings. The van der Waals surface area contributed by atoms with Gasteiger partial charge in [-0.1, -0.05) is 0 Å². The quantitative estimate of drug-likeness (QED) is 0.528. The van der Waals surface area contributed by atoms with E-state index in [4.69, 9.17) is 0 Å². The van der Waals surface area contributed by atoms with Crippen LogP contribution in [0.2, 0.25) is 0 Å². The number of rotatable bonds is 2. The third-order valence-electron chi connectivity index (χ3n) is 1.74. The van der Waals surface area contributed by atoms with Gasteiger partial charge >= 0.3 is 0 Å². The Morgan fingerprint density at radius 2 is 2.00 bits per heavy atom. The van der Waals surface area contributed by atoms with Crippen LogP contribution in [0.3, 0.4) is 0 Å². The molecule has 0 spiro atoms. The standard InChI is InChI=1S/C6H12N2O2S/c9-11(10)5-8-6-1-3-7-4-2-6/h5-8H,1-4H2. The lowest BCUT2D eigenvalue weighted by Gasteiger charge is -2.21. The molecule has 0 bridgehead atoms. The topological polar surface area (TPSA) is 58.2 Å². The van der Waals surface area contributed by atoms with Gasteiger partial charge in [0.15, 0.2) is 0 Å². The van der Waals surface area contributed by atoms with Gasteiger partial charge in [-0.15, -0.1) is 0 Å². The maximum Gasteiger partial charge on any atom is 0.224 e. The van der Waals surface area contributed by atoms with E-state index in [0.29, 0.717) is 6.04 Å². The molecule has 0 saturated carbocycles. The summed E-state index contributed by atoms with van der Waals surface area (Å²) in [6.07, 6.45) is 1.99. The molecule has 0 unspecified atom stereocenters. The van der Waals surface area contributed by atoms with Crippen LogP contribution in [0.5, 0.6) is 0 Å². The average Bonchev–Trinajstić information content (AvgIpc) is 2.03. The Bertz CT molecular complexity index is 221. The van der Waals surface area contributed by atoms with E-state index in [2.05, 4.69) is 10.6 Å². The van der Waals surface area contributed by atoms with Crippen LogP contribution < -0.4 is 10.6 Å². The molecule has 5 heteroatoms. The number of hydrogen-bond donors (Lipinski definition) is 2. The predicted molar refractivity (Wildman–Crippen MR) is 44.0 cm³/mol. The molecule has 0 aromatic heterocycles. The van der Waals surface area contributed by atoms with Crippen molar-refractivity contribution in [2.45, 2.75) is 18.9 Å². The zero-order chi connectivity index (χ0) is 8.10. The van der Waals surface area contributed by atoms with Gasteiger partial charge in [-0.3, -0.25) is 5.32 Å². The van der Waals surface area contributed by atoms with Crippen LogP contribution in [-0.2, 0) is 10.3 Å². The minimum Gasteiger partial charge on any atom is -0.317 e. The lowest BCUT2D eigenvalue weighted by molar-refractivity contribution is 0.433. The van der Waals surface area contributed by atoms with Crippen molar-refractivity contribution >= 4 is 15.8 Å². The molecule has 0 aromatic carbocycles. The lowest BCUT2D eigenvalue weighted by Crippen LogP contribution is -2.39. The Morgan fingerprint density at radius 1 is 1.36 bits per heavy atom. The molecule has 1 rings (SSSR count). The van der Waals surface area contributed by atoms with Crippen molar-refractivity contribution in [2.24, 2.45) is 0 Å². The molecule has 0 aliphatic carbocycles. The van der Waals surface area contributed by atoms with Crippen molar-refractivity contribution < 1.29 is 8.42 Å². The zero-order valence-corrected chi connectivity index (χ0v) is 7.02. The summed E-state index contributed by atoms with van der Waals surface area (Å²) in [7, 11) is -2.07. The van der Waals surface area contributed by atoms with Gasteiger partial charge in [-0.2, -0.15) is 8.42 Å². The van der Waals surface area contributed by atoms with Crippen LogP contribution in [0, 0.1) is 0 Å². The van der Waals surface area contributed by atoms with Crippen LogP contribution in [0.15, 0.2) is 0 Å². The smallest absolute Gasteiger partial charge is 0.224 e. The van der Waals surface area contributed by atoms with E-state index in [1.807, 2.05) is 0 Å². The van der Waals surface area contributed by atoms with E-state index in [-0.39, 0.29) is 0 Å². The Balaban J connectivity index is 2.30. The van der Waals surface area contributed by atoms with Gasteiger partial charge in [0.1, 0.15) is 0 Å². The molecule has 0 radical (unpaired) electrons. The number of nitrogens with one attached hydrogen (secondary N) is 2. The summed E-state index contributed by atoms with van der Waals surface area (Å²) in [5, 5.41) is 6.04. The summed E-state index contributed by atoms with van der Waals surface area (Å²) in [5.74, 6) is 0. The summed E-state index contributed by atoms with van der Waals surface area (Å²) in [6.45, 7) is 1.94. The fraction of sp³-hybridized carbons (Fsp3) is 0.833. The molecular formula is C6H12N2O2S. The fourth-order valence-corrected chi connectivity index (χ4v) is 1.44. The van der Waals surface area contributed by atoms with Gasteiger partial charge in [0.25, 0.3) is 0 Å². The molecule has 1 saturated heterocycles. The zero-order valence-electron chi connectivity index (χ0n) is 6.21. The van der Waals surface area contributed by atoms with E-state index >= 15 is 0 Å². The van der Waals surface area contributed by atoms with E-state index in [1.54, 1.807) is 0 Å². The molecule has 64 valence electrons. The summed E-state index contributed by atoms with van der Waals surface area (Å²) >= 11 is 0. The Morgan fingerprint density at radius 3 is 2.55 bits per heavy atom. The third-order valence-corrected chi connectivity index (χ3v) is 2.07. The molecule has 0 aromatic rings. The van der Waals surface area contributed by atoms with E-state index in [1.165, 1.54) is 0 Å². The van der Waals surface area contributed by atoms with Gasteiger partial charge in [-0.25, -0.2) is 0 Å². The normalized spacial score (nSPS) is 19.6. The SMILES string of the molecule is O=S(=O)=CNC1CCNCC1. The first-order valence-corrected chi connectivity index (χ1v) is 4.81. The van der Waals surface area contributed by atoms with Gasteiger partial charge in [0, 0.05) is 6.04 Å². The molecule has 0 atom stereocenters. The Labute approximate surface area is 67.5 Å². The maximum atomic E-state index is 10.1. The van der Waals surface area contributed by atoms with E-state index in [0.717, 1.165) is 31.4 Å². The molecule has 1 fully saturated rings. The van der Waals surface area contributed by atoms with Gasteiger partial charge in [0.2, 0.25) is 10.3 Å². The van der Waals surface area contributed by atoms with Crippen molar-refractivity contribution in [2.75, 3.05) is 13.1 Å². The second kappa shape index (κ2) is 4.48. The third kappa shape index (κ3) is 3.50. The van der Waals surface area contributed by atoms with Gasteiger partial charge in [-0.05, 0) is 25.9 Å². The van der Waals surface area contributed by atoms with Crippen molar-refractivity contribution in [1.29, 1.82) is 0 Å². The Hall–Kier alpha value is -0.390. The van der Waals surface area contributed by atoms with Gasteiger partial charge in [0.05, 0.1) is 5.49 Å². The summed E-state index contributed by atoms with van der Waals surface area (Å²) < 4.78 is 20.2. The highest BCUT2D eigenvalue weighted by molar-refractivity contribution is 7.71. The average molecular weight is 176 g/mol. The summed E-state index contributed by atoms with van der Waals surface area (Å²) in [6, 6.07) is 0.328. The highest BCUT2D eigenvalue weighted by Crippen LogP contribution is 1.99. The lowest BCUT2D eigenvalue weighted by atomic mass is 10.1. The molecule has 4 nitrogen and oxygen atoms in total. The van der Waals surface area contributed by atoms with Crippen LogP contribution in [-0.4, -0.2) is 33.0 Å².